The van der Waals surface area contributed by atoms with E-state index in [0.29, 0.717) is 29.6 Å². The molecule has 0 bridgehead atoms. The number of ether oxygens (including phenoxy) is 1. The molecule has 0 radical (unpaired) electrons. The molecule has 2 heterocycles. The van der Waals surface area contributed by atoms with Crippen molar-refractivity contribution in [2.75, 3.05) is 11.5 Å². The summed E-state index contributed by atoms with van der Waals surface area (Å²) in [5, 5.41) is 11.2. The summed E-state index contributed by atoms with van der Waals surface area (Å²) in [5.74, 6) is -1.00. The number of anilines is 1. The molecule has 1 atom stereocenters. The van der Waals surface area contributed by atoms with Crippen LogP contribution in [-0.4, -0.2) is 23.4 Å². The second-order valence-corrected chi connectivity index (χ2v) is 8.33. The van der Waals surface area contributed by atoms with Crippen LogP contribution in [0.4, 0.5) is 10.1 Å². The molecule has 3 aromatic rings. The summed E-state index contributed by atoms with van der Waals surface area (Å²) in [7, 11) is 0. The molecule has 0 spiro atoms. The van der Waals surface area contributed by atoms with Crippen molar-refractivity contribution in [2.45, 2.75) is 26.8 Å². The SMILES string of the molecule is Cc1ccc(C2/C(=C(/O)c3cccc(OCC(C)C)c3)C(=O)C(=O)N2c2cccc(F)c2)o1. The van der Waals surface area contributed by atoms with Crippen molar-refractivity contribution in [1.82, 2.24) is 0 Å². The van der Waals surface area contributed by atoms with Gasteiger partial charge in [-0.15, -0.1) is 0 Å². The Balaban J connectivity index is 1.85. The Bertz CT molecular complexity index is 1240. The summed E-state index contributed by atoms with van der Waals surface area (Å²) >= 11 is 0. The maximum Gasteiger partial charge on any atom is 0.300 e. The molecule has 6 nitrogen and oxygen atoms in total. The quantitative estimate of drug-likeness (QED) is 0.310. The molecule has 1 fully saturated rings. The molecule has 1 saturated heterocycles. The van der Waals surface area contributed by atoms with E-state index in [1.54, 1.807) is 43.3 Å². The number of benzene rings is 2. The van der Waals surface area contributed by atoms with Gasteiger partial charge in [0.25, 0.3) is 11.7 Å². The highest BCUT2D eigenvalue weighted by Gasteiger charge is 2.48. The maximum atomic E-state index is 14.0. The fourth-order valence-electron chi connectivity index (χ4n) is 3.75. The topological polar surface area (TPSA) is 80.0 Å². The van der Waals surface area contributed by atoms with Gasteiger partial charge in [0.2, 0.25) is 0 Å². The number of Topliss-reactive ketones (excluding diaryl/α,β-unsaturated/α-hetero) is 1. The minimum absolute atomic E-state index is 0.139. The van der Waals surface area contributed by atoms with Gasteiger partial charge in [-0.2, -0.15) is 0 Å². The standard InChI is InChI=1S/C26H24FNO5/c1-15(2)14-32-20-9-4-6-17(12-20)24(29)22-23(21-11-10-16(3)33-21)28(26(31)25(22)30)19-8-5-7-18(27)13-19/h4-13,15,23,29H,14H2,1-3H3/b24-22-. The number of furan rings is 1. The first-order valence-corrected chi connectivity index (χ1v) is 10.6. The molecule has 7 heteroatoms. The third-order valence-electron chi connectivity index (χ3n) is 5.25. The fourth-order valence-corrected chi connectivity index (χ4v) is 3.75. The molecule has 1 amide bonds. The highest BCUT2D eigenvalue weighted by Crippen LogP contribution is 2.43. The monoisotopic (exact) mass is 449 g/mol. The number of hydrogen-bond acceptors (Lipinski definition) is 5. The molecule has 1 aliphatic heterocycles. The maximum absolute atomic E-state index is 14.0. The zero-order valence-electron chi connectivity index (χ0n) is 18.5. The van der Waals surface area contributed by atoms with Crippen LogP contribution in [0.1, 0.15) is 37.0 Å². The summed E-state index contributed by atoms with van der Waals surface area (Å²) in [6.45, 7) is 6.25. The molecular weight excluding hydrogens is 425 g/mol. The van der Waals surface area contributed by atoms with Gasteiger partial charge in [-0.05, 0) is 55.3 Å². The van der Waals surface area contributed by atoms with Gasteiger partial charge in [0.05, 0.1) is 12.2 Å². The van der Waals surface area contributed by atoms with Gasteiger partial charge in [0.15, 0.2) is 0 Å². The lowest BCUT2D eigenvalue weighted by Crippen LogP contribution is -2.29. The second-order valence-electron chi connectivity index (χ2n) is 8.33. The number of aryl methyl sites for hydroxylation is 1. The zero-order valence-corrected chi connectivity index (χ0v) is 18.5. The third-order valence-corrected chi connectivity index (χ3v) is 5.25. The smallest absolute Gasteiger partial charge is 0.300 e. The third kappa shape index (κ3) is 4.39. The van der Waals surface area contributed by atoms with Crippen LogP contribution in [-0.2, 0) is 9.59 Å². The predicted octanol–water partition coefficient (Wildman–Crippen LogP) is 5.39. The van der Waals surface area contributed by atoms with Crippen molar-refractivity contribution in [3.05, 3.63) is 89.1 Å². The molecule has 170 valence electrons. The molecule has 0 aliphatic carbocycles. The molecule has 1 aromatic heterocycles. The number of aliphatic hydroxyl groups excluding tert-OH is 1. The van der Waals surface area contributed by atoms with E-state index in [1.165, 1.54) is 18.2 Å². The molecular formula is C26H24FNO5. The van der Waals surface area contributed by atoms with E-state index in [0.717, 1.165) is 11.0 Å². The number of aliphatic hydroxyl groups is 1. The van der Waals surface area contributed by atoms with Gasteiger partial charge >= 0.3 is 0 Å². The van der Waals surface area contributed by atoms with Crippen LogP contribution in [0, 0.1) is 18.7 Å². The summed E-state index contributed by atoms with van der Waals surface area (Å²) in [5.41, 5.74) is 0.366. The number of ketones is 1. The number of carbonyl (C=O) groups is 2. The van der Waals surface area contributed by atoms with Gasteiger partial charge in [-0.3, -0.25) is 14.5 Å². The lowest BCUT2D eigenvalue weighted by Gasteiger charge is -2.23. The van der Waals surface area contributed by atoms with Crippen LogP contribution in [0.15, 0.2) is 70.7 Å². The number of rotatable bonds is 6. The van der Waals surface area contributed by atoms with E-state index in [-0.39, 0.29) is 22.8 Å². The van der Waals surface area contributed by atoms with Crippen molar-refractivity contribution in [3.8, 4) is 5.75 Å². The average molecular weight is 449 g/mol. The second kappa shape index (κ2) is 8.94. The van der Waals surface area contributed by atoms with Crippen LogP contribution in [0.5, 0.6) is 5.75 Å². The van der Waals surface area contributed by atoms with Crippen molar-refractivity contribution < 1.29 is 28.2 Å². The highest BCUT2D eigenvalue weighted by molar-refractivity contribution is 6.51. The van der Waals surface area contributed by atoms with E-state index < -0.39 is 23.5 Å². The van der Waals surface area contributed by atoms with Crippen LogP contribution in [0.25, 0.3) is 5.76 Å². The van der Waals surface area contributed by atoms with Crippen LogP contribution >= 0.6 is 0 Å². The van der Waals surface area contributed by atoms with Crippen molar-refractivity contribution >= 4 is 23.1 Å². The first kappa shape index (κ1) is 22.3. The minimum Gasteiger partial charge on any atom is -0.507 e. The van der Waals surface area contributed by atoms with Gasteiger partial charge in [-0.25, -0.2) is 4.39 Å². The Kier molecular flexibility index (Phi) is 6.05. The molecule has 2 aromatic carbocycles. The predicted molar refractivity (Wildman–Crippen MR) is 121 cm³/mol. The molecule has 1 N–H and O–H groups in total. The first-order valence-electron chi connectivity index (χ1n) is 10.6. The first-order chi connectivity index (χ1) is 15.8. The van der Waals surface area contributed by atoms with E-state index in [4.69, 9.17) is 9.15 Å². The normalized spacial score (nSPS) is 17.7. The Morgan fingerprint density at radius 1 is 1.12 bits per heavy atom. The van der Waals surface area contributed by atoms with Gasteiger partial charge in [0.1, 0.15) is 34.9 Å². The lowest BCUT2D eigenvalue weighted by atomic mass is 9.99. The van der Waals surface area contributed by atoms with Gasteiger partial charge in [-0.1, -0.05) is 32.0 Å². The van der Waals surface area contributed by atoms with E-state index in [9.17, 15) is 19.1 Å². The Morgan fingerprint density at radius 3 is 2.55 bits per heavy atom. The van der Waals surface area contributed by atoms with E-state index in [2.05, 4.69) is 0 Å². The lowest BCUT2D eigenvalue weighted by molar-refractivity contribution is -0.132. The van der Waals surface area contributed by atoms with Crippen molar-refractivity contribution in [3.63, 3.8) is 0 Å². The number of halogens is 1. The molecule has 0 saturated carbocycles. The van der Waals surface area contributed by atoms with Crippen molar-refractivity contribution in [2.24, 2.45) is 5.92 Å². The largest absolute Gasteiger partial charge is 0.507 e. The molecule has 33 heavy (non-hydrogen) atoms. The number of nitrogens with zero attached hydrogens (tertiary/aromatic N) is 1. The van der Waals surface area contributed by atoms with E-state index >= 15 is 0 Å². The highest BCUT2D eigenvalue weighted by atomic mass is 19.1. The summed E-state index contributed by atoms with van der Waals surface area (Å²) < 4.78 is 25.4. The number of amides is 1. The number of carbonyl (C=O) groups excluding carboxylic acids is 2. The summed E-state index contributed by atoms with van der Waals surface area (Å²) in [6, 6.07) is 14.3. The average Bonchev–Trinajstić information content (AvgIpc) is 3.33. The fraction of sp³-hybridized carbons (Fsp3) is 0.231. The Morgan fingerprint density at radius 2 is 1.88 bits per heavy atom. The minimum atomic E-state index is -1.05. The van der Waals surface area contributed by atoms with Gasteiger partial charge < -0.3 is 14.3 Å². The summed E-state index contributed by atoms with van der Waals surface area (Å²) in [4.78, 5) is 27.3. The van der Waals surface area contributed by atoms with Crippen LogP contribution in [0.2, 0.25) is 0 Å². The molecule has 4 rings (SSSR count). The molecule has 1 aliphatic rings. The summed E-state index contributed by atoms with van der Waals surface area (Å²) in [6.07, 6.45) is 0. The Labute approximate surface area is 190 Å². The zero-order chi connectivity index (χ0) is 23.7. The van der Waals surface area contributed by atoms with Crippen LogP contribution in [0.3, 0.4) is 0 Å². The molecule has 1 unspecified atom stereocenters. The Hall–Kier alpha value is -3.87. The van der Waals surface area contributed by atoms with Crippen molar-refractivity contribution in [1.29, 1.82) is 0 Å². The van der Waals surface area contributed by atoms with Crippen LogP contribution < -0.4 is 9.64 Å². The van der Waals surface area contributed by atoms with Gasteiger partial charge in [0, 0.05) is 11.3 Å². The number of hydrogen-bond donors (Lipinski definition) is 1. The van der Waals surface area contributed by atoms with E-state index in [1.807, 2.05) is 13.8 Å².